The Hall–Kier alpha value is -4.52. The van der Waals surface area contributed by atoms with Crippen molar-refractivity contribution in [1.29, 1.82) is 5.26 Å². The Balaban J connectivity index is 1.37. The standard InChI is InChI=1S/C39H46N4O5/c1-39(2,3)26-12-9-23(10-13-26)11-14-37(44)41-22-32-27-19-35(47-7)33(45-5)17-24(27)16-30-38-28-20-36(48-8)34(46-6)18-25(28)15-29(42(38)4)31(21-40)43(30)32/h9-14,17-20,29-32,38H,15-16,22H2,1-8H3,(H,41,44)/b14-11+/t29-,30-,31-,32-,38+/m0/s1. The minimum absolute atomic E-state index is 0.0152. The maximum atomic E-state index is 13.3. The number of nitrogens with zero attached hydrogens (tertiary/aromatic N) is 3. The molecule has 1 fully saturated rings. The van der Waals surface area contributed by atoms with Gasteiger partial charge in [0.2, 0.25) is 5.91 Å². The third-order valence-electron chi connectivity index (χ3n) is 10.4. The number of rotatable bonds is 8. The van der Waals surface area contributed by atoms with Crippen LogP contribution >= 0.6 is 0 Å². The third kappa shape index (κ3) is 5.88. The molecule has 3 aliphatic rings. The van der Waals surface area contributed by atoms with E-state index in [1.807, 2.05) is 30.3 Å². The molecule has 3 aliphatic heterocycles. The van der Waals surface area contributed by atoms with E-state index >= 15 is 0 Å². The number of benzene rings is 3. The zero-order chi connectivity index (χ0) is 34.3. The van der Waals surface area contributed by atoms with Gasteiger partial charge in [-0.15, -0.1) is 0 Å². The van der Waals surface area contributed by atoms with E-state index in [0.717, 1.165) is 16.7 Å². The molecule has 48 heavy (non-hydrogen) atoms. The first-order valence-electron chi connectivity index (χ1n) is 16.5. The fraction of sp³-hybridized carbons (Fsp3) is 0.436. The van der Waals surface area contributed by atoms with Crippen LogP contribution in [0.4, 0.5) is 0 Å². The predicted molar refractivity (Wildman–Crippen MR) is 186 cm³/mol. The summed E-state index contributed by atoms with van der Waals surface area (Å²) in [4.78, 5) is 18.0. The average molecular weight is 651 g/mol. The van der Waals surface area contributed by atoms with Crippen LogP contribution in [-0.4, -0.2) is 75.9 Å². The Kier molecular flexibility index (Phi) is 9.16. The number of fused-ring (bicyclic) bond motifs is 7. The normalized spacial score (nSPS) is 23.4. The molecule has 252 valence electrons. The number of nitrogens with one attached hydrogen (secondary N) is 1. The Morgan fingerprint density at radius 2 is 1.42 bits per heavy atom. The minimum atomic E-state index is -0.419. The quantitative estimate of drug-likeness (QED) is 0.314. The monoisotopic (exact) mass is 650 g/mol. The van der Waals surface area contributed by atoms with Crippen molar-refractivity contribution >= 4 is 12.0 Å². The van der Waals surface area contributed by atoms with Gasteiger partial charge in [-0.3, -0.25) is 14.6 Å². The van der Waals surface area contributed by atoms with Crippen LogP contribution in [0, 0.1) is 11.3 Å². The summed E-state index contributed by atoms with van der Waals surface area (Å²) in [6.45, 7) is 6.87. The Morgan fingerprint density at radius 1 is 0.875 bits per heavy atom. The summed E-state index contributed by atoms with van der Waals surface area (Å²) in [5, 5.41) is 14.0. The summed E-state index contributed by atoms with van der Waals surface area (Å²) in [5.74, 6) is 2.46. The molecule has 2 bridgehead atoms. The summed E-state index contributed by atoms with van der Waals surface area (Å²) in [5.41, 5.74) is 6.74. The van der Waals surface area contributed by atoms with Crippen molar-refractivity contribution in [2.24, 2.45) is 0 Å². The topological polar surface area (TPSA) is 96.3 Å². The second-order valence-electron chi connectivity index (χ2n) is 14.0. The van der Waals surface area contributed by atoms with Gasteiger partial charge in [0.1, 0.15) is 6.04 Å². The van der Waals surface area contributed by atoms with E-state index in [1.165, 1.54) is 16.7 Å². The van der Waals surface area contributed by atoms with Crippen LogP contribution in [0.25, 0.3) is 6.08 Å². The molecular weight excluding hydrogens is 604 g/mol. The van der Waals surface area contributed by atoms with Crippen molar-refractivity contribution in [3.63, 3.8) is 0 Å². The zero-order valence-corrected chi connectivity index (χ0v) is 29.2. The molecule has 5 atom stereocenters. The summed E-state index contributed by atoms with van der Waals surface area (Å²) >= 11 is 0. The summed E-state index contributed by atoms with van der Waals surface area (Å²) in [6, 6.07) is 18.4. The second kappa shape index (κ2) is 13.2. The van der Waals surface area contributed by atoms with Crippen LogP contribution in [0.15, 0.2) is 54.6 Å². The van der Waals surface area contributed by atoms with Gasteiger partial charge < -0.3 is 24.3 Å². The Morgan fingerprint density at radius 3 is 1.98 bits per heavy atom. The molecule has 9 heteroatoms. The first kappa shape index (κ1) is 33.4. The molecule has 6 rings (SSSR count). The van der Waals surface area contributed by atoms with Crippen molar-refractivity contribution in [3.05, 3.63) is 88.0 Å². The molecule has 9 nitrogen and oxygen atoms in total. The third-order valence-corrected chi connectivity index (χ3v) is 10.4. The highest BCUT2D eigenvalue weighted by atomic mass is 16.5. The fourth-order valence-corrected chi connectivity index (χ4v) is 7.91. The minimum Gasteiger partial charge on any atom is -0.493 e. The van der Waals surface area contributed by atoms with Crippen molar-refractivity contribution in [1.82, 2.24) is 15.1 Å². The van der Waals surface area contributed by atoms with E-state index in [2.05, 4.69) is 73.3 Å². The first-order chi connectivity index (χ1) is 23.0. The van der Waals surface area contributed by atoms with E-state index in [4.69, 9.17) is 18.9 Å². The van der Waals surface area contributed by atoms with Gasteiger partial charge in [0, 0.05) is 24.7 Å². The lowest BCUT2D eigenvalue weighted by Crippen LogP contribution is -2.68. The summed E-state index contributed by atoms with van der Waals surface area (Å²) in [6.07, 6.45) is 4.81. The fourth-order valence-electron chi connectivity index (χ4n) is 7.91. The molecule has 0 aliphatic carbocycles. The van der Waals surface area contributed by atoms with Crippen LogP contribution in [0.3, 0.4) is 0 Å². The number of hydrogen-bond acceptors (Lipinski definition) is 8. The lowest BCUT2D eigenvalue weighted by Gasteiger charge is -2.60. The van der Waals surface area contributed by atoms with Gasteiger partial charge in [0.05, 0.1) is 46.6 Å². The van der Waals surface area contributed by atoms with Gasteiger partial charge in [0.25, 0.3) is 0 Å². The van der Waals surface area contributed by atoms with E-state index < -0.39 is 6.04 Å². The number of piperazine rings is 1. The Labute approximate surface area is 284 Å². The molecule has 0 unspecified atom stereocenters. The van der Waals surface area contributed by atoms with E-state index in [-0.39, 0.29) is 35.5 Å². The number of likely N-dealkylation sites (N-methyl/N-ethyl adjacent to an activating group) is 1. The summed E-state index contributed by atoms with van der Waals surface area (Å²) in [7, 11) is 8.69. The van der Waals surface area contributed by atoms with Crippen molar-refractivity contribution in [2.45, 2.75) is 69.2 Å². The van der Waals surface area contributed by atoms with Crippen molar-refractivity contribution in [3.8, 4) is 29.1 Å². The van der Waals surface area contributed by atoms with Crippen LogP contribution in [0.2, 0.25) is 0 Å². The van der Waals surface area contributed by atoms with Gasteiger partial charge in [-0.05, 0) is 89.0 Å². The maximum absolute atomic E-state index is 13.3. The highest BCUT2D eigenvalue weighted by Gasteiger charge is 2.54. The smallest absolute Gasteiger partial charge is 0.244 e. The molecule has 0 spiro atoms. The largest absolute Gasteiger partial charge is 0.493 e. The van der Waals surface area contributed by atoms with Crippen molar-refractivity contribution in [2.75, 3.05) is 42.0 Å². The average Bonchev–Trinajstić information content (AvgIpc) is 3.08. The molecular formula is C39H46N4O5. The molecule has 1 amide bonds. The van der Waals surface area contributed by atoms with Crippen LogP contribution < -0.4 is 24.3 Å². The summed E-state index contributed by atoms with van der Waals surface area (Å²) < 4.78 is 22.8. The van der Waals surface area contributed by atoms with Gasteiger partial charge >= 0.3 is 0 Å². The van der Waals surface area contributed by atoms with E-state index in [0.29, 0.717) is 42.4 Å². The number of hydrogen-bond donors (Lipinski definition) is 1. The highest BCUT2D eigenvalue weighted by Crippen LogP contribution is 2.52. The molecule has 3 heterocycles. The molecule has 3 aromatic carbocycles. The first-order valence-corrected chi connectivity index (χ1v) is 16.5. The van der Waals surface area contributed by atoms with Crippen LogP contribution in [0.1, 0.15) is 66.2 Å². The molecule has 0 aromatic heterocycles. The van der Waals surface area contributed by atoms with E-state index in [9.17, 15) is 10.1 Å². The number of methoxy groups -OCH3 is 4. The second-order valence-corrected chi connectivity index (χ2v) is 14.0. The predicted octanol–water partition coefficient (Wildman–Crippen LogP) is 5.62. The molecule has 0 radical (unpaired) electrons. The lowest BCUT2D eigenvalue weighted by atomic mass is 9.72. The van der Waals surface area contributed by atoms with Gasteiger partial charge in [0.15, 0.2) is 23.0 Å². The SMILES string of the molecule is COc1cc2c(cc1OC)[C@@H]1[C@@H]3Cc4cc(OC)c(OC)cc4[C@H](CNC(=O)/C=C/c4ccc(C(C)(C)C)cc4)N3[C@@H](C#N)[C@H](C2)N1C. The number of nitriles is 1. The molecule has 3 aromatic rings. The van der Waals surface area contributed by atoms with Gasteiger partial charge in [-0.25, -0.2) is 0 Å². The number of ether oxygens (including phenoxy) is 4. The number of carbonyl (C=O) groups is 1. The van der Waals surface area contributed by atoms with Gasteiger partial charge in [-0.1, -0.05) is 45.0 Å². The Bertz CT molecular complexity index is 1760. The highest BCUT2D eigenvalue weighted by molar-refractivity contribution is 5.91. The maximum Gasteiger partial charge on any atom is 0.244 e. The molecule has 1 saturated heterocycles. The van der Waals surface area contributed by atoms with Crippen LogP contribution in [0.5, 0.6) is 23.0 Å². The number of carbonyl (C=O) groups excluding carboxylic acids is 1. The molecule has 0 saturated carbocycles. The van der Waals surface area contributed by atoms with Crippen molar-refractivity contribution < 1.29 is 23.7 Å². The zero-order valence-electron chi connectivity index (χ0n) is 29.2. The number of amides is 1. The van der Waals surface area contributed by atoms with E-state index in [1.54, 1.807) is 34.5 Å². The van der Waals surface area contributed by atoms with Crippen LogP contribution in [-0.2, 0) is 23.1 Å². The molecule has 1 N–H and O–H groups in total. The van der Waals surface area contributed by atoms with Gasteiger partial charge in [-0.2, -0.15) is 5.26 Å². The lowest BCUT2D eigenvalue weighted by molar-refractivity contribution is -0.117.